The second kappa shape index (κ2) is 12.0. The molecule has 3 amide bonds. The molecule has 33 heavy (non-hydrogen) atoms. The van der Waals surface area contributed by atoms with Crippen molar-refractivity contribution >= 4 is 18.2 Å². The van der Waals surface area contributed by atoms with Crippen LogP contribution in [0.2, 0.25) is 0 Å². The number of hydrogen-bond acceptors (Lipinski definition) is 5. The first-order chi connectivity index (χ1) is 16.0. The van der Waals surface area contributed by atoms with E-state index in [0.717, 1.165) is 36.8 Å². The van der Waals surface area contributed by atoms with Crippen molar-refractivity contribution in [3.8, 4) is 16.9 Å². The second-order valence-corrected chi connectivity index (χ2v) is 8.32. The van der Waals surface area contributed by atoms with Crippen molar-refractivity contribution in [2.24, 2.45) is 11.8 Å². The van der Waals surface area contributed by atoms with Gasteiger partial charge in [-0.1, -0.05) is 56.0 Å². The molecule has 1 fully saturated rings. The van der Waals surface area contributed by atoms with Gasteiger partial charge in [-0.25, -0.2) is 5.06 Å². The van der Waals surface area contributed by atoms with Crippen LogP contribution < -0.4 is 15.4 Å². The minimum Gasteiger partial charge on any atom is -0.496 e. The van der Waals surface area contributed by atoms with Crippen molar-refractivity contribution in [2.45, 2.75) is 32.1 Å². The first-order valence-electron chi connectivity index (χ1n) is 11.2. The molecule has 0 aliphatic heterocycles. The number of hydroxylamine groups is 2. The molecule has 0 heterocycles. The van der Waals surface area contributed by atoms with Crippen molar-refractivity contribution in [2.75, 3.05) is 20.3 Å². The lowest BCUT2D eigenvalue weighted by Crippen LogP contribution is -2.43. The molecule has 8 heteroatoms. The monoisotopic (exact) mass is 453 g/mol. The third-order valence-electron chi connectivity index (χ3n) is 6.05. The highest BCUT2D eigenvalue weighted by Gasteiger charge is 2.26. The van der Waals surface area contributed by atoms with Crippen LogP contribution in [0.3, 0.4) is 0 Å². The number of nitrogens with one attached hydrogen (secondary N) is 2. The molecule has 1 aliphatic carbocycles. The van der Waals surface area contributed by atoms with Crippen molar-refractivity contribution in [3.05, 3.63) is 54.1 Å². The molecule has 1 aliphatic rings. The highest BCUT2D eigenvalue weighted by molar-refractivity contribution is 5.95. The van der Waals surface area contributed by atoms with E-state index in [1.807, 2.05) is 30.3 Å². The zero-order chi connectivity index (χ0) is 23.6. The summed E-state index contributed by atoms with van der Waals surface area (Å²) in [6.45, 7) is -0.120. The number of ether oxygens (including phenoxy) is 1. The molecule has 0 unspecified atom stereocenters. The van der Waals surface area contributed by atoms with Gasteiger partial charge in [-0.2, -0.15) is 0 Å². The highest BCUT2D eigenvalue weighted by Crippen LogP contribution is 2.31. The van der Waals surface area contributed by atoms with Crippen LogP contribution in [-0.2, 0) is 9.59 Å². The lowest BCUT2D eigenvalue weighted by Gasteiger charge is -2.22. The van der Waals surface area contributed by atoms with Gasteiger partial charge < -0.3 is 15.4 Å². The summed E-state index contributed by atoms with van der Waals surface area (Å²) in [6, 6.07) is 14.7. The first kappa shape index (κ1) is 24.3. The number of carbonyl (C=O) groups is 3. The summed E-state index contributed by atoms with van der Waals surface area (Å²) in [7, 11) is 1.60. The molecule has 2 aromatic carbocycles. The van der Waals surface area contributed by atoms with Crippen LogP contribution in [-0.4, -0.2) is 48.8 Å². The van der Waals surface area contributed by atoms with Gasteiger partial charge in [0.05, 0.1) is 26.2 Å². The second-order valence-electron chi connectivity index (χ2n) is 8.32. The minimum atomic E-state index is -0.533. The van der Waals surface area contributed by atoms with Gasteiger partial charge >= 0.3 is 0 Å². The maximum atomic E-state index is 12.7. The summed E-state index contributed by atoms with van der Waals surface area (Å²) >= 11 is 0. The van der Waals surface area contributed by atoms with Crippen molar-refractivity contribution in [1.82, 2.24) is 15.7 Å². The molecule has 2 aromatic rings. The topological polar surface area (TPSA) is 108 Å². The van der Waals surface area contributed by atoms with Crippen LogP contribution in [0.4, 0.5) is 0 Å². The maximum Gasteiger partial charge on any atom is 0.252 e. The zero-order valence-electron chi connectivity index (χ0n) is 18.8. The Balaban J connectivity index is 1.58. The van der Waals surface area contributed by atoms with E-state index in [1.54, 1.807) is 25.3 Å². The van der Waals surface area contributed by atoms with E-state index in [0.29, 0.717) is 35.1 Å². The molecule has 8 nitrogen and oxygen atoms in total. The Morgan fingerprint density at radius 2 is 1.91 bits per heavy atom. The Morgan fingerprint density at radius 1 is 1.15 bits per heavy atom. The van der Waals surface area contributed by atoms with E-state index in [2.05, 4.69) is 10.6 Å². The standard InChI is InChI=1S/C25H31N3O5/c1-33-23-12-5-4-11-22(23)19-9-6-10-20(14-19)24(30)26-16-27-25(31)21(15-28(32)17-29)13-18-7-2-3-8-18/h4-6,9-12,14,17-18,21,32H,2-3,7-8,13,15-16H2,1H3,(H,26,30)(H,27,31)/t21-/m1/s1. The quantitative estimate of drug-likeness (QED) is 0.210. The van der Waals surface area contributed by atoms with Gasteiger partial charge in [0.1, 0.15) is 5.75 Å². The predicted molar refractivity (Wildman–Crippen MR) is 124 cm³/mol. The van der Waals surface area contributed by atoms with Crippen LogP contribution in [0.25, 0.3) is 11.1 Å². The molecule has 0 radical (unpaired) electrons. The summed E-state index contributed by atoms with van der Waals surface area (Å²) in [6.07, 6.45) is 5.28. The number of para-hydroxylation sites is 1. The molecule has 3 rings (SSSR count). The van der Waals surface area contributed by atoms with E-state index in [4.69, 9.17) is 4.74 Å². The van der Waals surface area contributed by atoms with E-state index in [9.17, 15) is 19.6 Å². The Morgan fingerprint density at radius 3 is 2.64 bits per heavy atom. The van der Waals surface area contributed by atoms with Crippen LogP contribution in [0.1, 0.15) is 42.5 Å². The average molecular weight is 454 g/mol. The molecule has 1 atom stereocenters. The lowest BCUT2D eigenvalue weighted by molar-refractivity contribution is -0.155. The molecule has 176 valence electrons. The molecule has 0 aromatic heterocycles. The van der Waals surface area contributed by atoms with Gasteiger partial charge in [-0.3, -0.25) is 19.6 Å². The SMILES string of the molecule is COc1ccccc1-c1cccc(C(=O)NCNC(=O)[C@H](CC2CCCC2)CN(O)C=O)c1. The Hall–Kier alpha value is -3.39. The maximum absolute atomic E-state index is 12.7. The average Bonchev–Trinajstić information content (AvgIpc) is 3.36. The van der Waals surface area contributed by atoms with Gasteiger partial charge in [-0.15, -0.1) is 0 Å². The lowest BCUT2D eigenvalue weighted by atomic mass is 9.92. The number of carbonyl (C=O) groups excluding carboxylic acids is 3. The van der Waals surface area contributed by atoms with E-state index in [-0.39, 0.29) is 25.0 Å². The summed E-state index contributed by atoms with van der Waals surface area (Å²) in [4.78, 5) is 36.1. The summed E-state index contributed by atoms with van der Waals surface area (Å²) in [5, 5.41) is 15.5. The number of rotatable bonds is 11. The van der Waals surface area contributed by atoms with Crippen LogP contribution in [0.5, 0.6) is 5.75 Å². The number of hydrogen-bond donors (Lipinski definition) is 3. The van der Waals surface area contributed by atoms with Crippen LogP contribution >= 0.6 is 0 Å². The van der Waals surface area contributed by atoms with E-state index >= 15 is 0 Å². The molecule has 0 spiro atoms. The van der Waals surface area contributed by atoms with Gasteiger partial charge in [0.25, 0.3) is 5.91 Å². The number of nitrogens with zero attached hydrogens (tertiary/aromatic N) is 1. The Bertz CT molecular complexity index is 959. The smallest absolute Gasteiger partial charge is 0.252 e. The van der Waals surface area contributed by atoms with Crippen molar-refractivity contribution in [3.63, 3.8) is 0 Å². The molecular weight excluding hydrogens is 422 g/mol. The third-order valence-corrected chi connectivity index (χ3v) is 6.05. The predicted octanol–water partition coefficient (Wildman–Crippen LogP) is 3.21. The highest BCUT2D eigenvalue weighted by atomic mass is 16.5. The van der Waals surface area contributed by atoms with Gasteiger partial charge in [0.15, 0.2) is 0 Å². The first-order valence-corrected chi connectivity index (χ1v) is 11.2. The summed E-state index contributed by atoms with van der Waals surface area (Å²) in [5.41, 5.74) is 2.18. The van der Waals surface area contributed by atoms with Crippen molar-refractivity contribution < 1.29 is 24.3 Å². The normalized spacial score (nSPS) is 14.4. The number of methoxy groups -OCH3 is 1. The van der Waals surface area contributed by atoms with Gasteiger partial charge in [-0.05, 0) is 36.1 Å². The zero-order valence-corrected chi connectivity index (χ0v) is 18.8. The molecule has 3 N–H and O–H groups in total. The third kappa shape index (κ3) is 6.79. The number of amides is 3. The van der Waals surface area contributed by atoms with Crippen LogP contribution in [0.15, 0.2) is 48.5 Å². The minimum absolute atomic E-state index is 0.0514. The number of benzene rings is 2. The van der Waals surface area contributed by atoms with Crippen molar-refractivity contribution in [1.29, 1.82) is 0 Å². The molecular formula is C25H31N3O5. The summed E-state index contributed by atoms with van der Waals surface area (Å²) < 4.78 is 5.41. The fourth-order valence-corrected chi connectivity index (χ4v) is 4.35. The van der Waals surface area contributed by atoms with Gasteiger partial charge in [0.2, 0.25) is 12.3 Å². The van der Waals surface area contributed by atoms with E-state index in [1.165, 1.54) is 0 Å². The Kier molecular flexibility index (Phi) is 8.83. The van der Waals surface area contributed by atoms with E-state index < -0.39 is 5.92 Å². The summed E-state index contributed by atoms with van der Waals surface area (Å²) in [5.74, 6) is -0.0343. The Labute approximate surface area is 193 Å². The molecule has 1 saturated carbocycles. The molecule has 0 saturated heterocycles. The molecule has 0 bridgehead atoms. The fraction of sp³-hybridized carbons (Fsp3) is 0.400. The van der Waals surface area contributed by atoms with Gasteiger partial charge in [0, 0.05) is 11.1 Å². The van der Waals surface area contributed by atoms with Crippen LogP contribution in [0, 0.1) is 11.8 Å². The fourth-order valence-electron chi connectivity index (χ4n) is 4.35. The largest absolute Gasteiger partial charge is 0.496 e.